The van der Waals surface area contributed by atoms with Crippen molar-refractivity contribution >= 4 is 23.4 Å². The van der Waals surface area contributed by atoms with Crippen molar-refractivity contribution in [3.63, 3.8) is 0 Å². The number of Topliss-reactive ketones (excluding diaryl/α,β-unsaturated/α-hetero) is 2. The molecule has 0 aromatic heterocycles. The van der Waals surface area contributed by atoms with E-state index in [4.69, 9.17) is 0 Å². The number of carbonyl (C=O) groups is 4. The highest BCUT2D eigenvalue weighted by Crippen LogP contribution is 2.51. The first-order valence-corrected chi connectivity index (χ1v) is 12.4. The average molecular weight is 467 g/mol. The van der Waals surface area contributed by atoms with Crippen LogP contribution in [0.1, 0.15) is 39.0 Å². The van der Waals surface area contributed by atoms with Crippen molar-refractivity contribution in [1.29, 1.82) is 0 Å². The van der Waals surface area contributed by atoms with Gasteiger partial charge in [0.2, 0.25) is 11.8 Å². The Hall–Kier alpha value is -2.80. The number of hydrogen-bond acceptors (Lipinski definition) is 5. The largest absolute Gasteiger partial charge is 0.390 e. The molecule has 7 heteroatoms. The summed E-state index contributed by atoms with van der Waals surface area (Å²) >= 11 is 0. The second-order valence-electron chi connectivity index (χ2n) is 9.97. The number of hydrogen-bond donors (Lipinski definition) is 3. The van der Waals surface area contributed by atoms with Crippen LogP contribution in [-0.4, -0.2) is 47.2 Å². The van der Waals surface area contributed by atoms with Crippen molar-refractivity contribution < 1.29 is 24.3 Å². The maximum atomic E-state index is 12.7. The fourth-order valence-electron chi connectivity index (χ4n) is 5.97. The van der Waals surface area contributed by atoms with Gasteiger partial charge >= 0.3 is 0 Å². The van der Waals surface area contributed by atoms with Crippen LogP contribution < -0.4 is 10.6 Å². The molecule has 2 aliphatic carbocycles. The number of carbonyl (C=O) groups excluding carboxylic acids is 4. The molecule has 3 N–H and O–H groups in total. The predicted octanol–water partition coefficient (Wildman–Crippen LogP) is 2.03. The van der Waals surface area contributed by atoms with Crippen LogP contribution in [0.15, 0.2) is 48.6 Å². The molecular formula is C27H34N2O5. The molecule has 4 rings (SSSR count). The van der Waals surface area contributed by atoms with Crippen LogP contribution in [0.25, 0.3) is 0 Å². The van der Waals surface area contributed by atoms with Crippen molar-refractivity contribution in [3.05, 3.63) is 48.6 Å². The normalized spacial score (nSPS) is 39.0. The molecule has 0 spiro atoms. The summed E-state index contributed by atoms with van der Waals surface area (Å²) in [5.41, 5.74) is 0. The van der Waals surface area contributed by atoms with Gasteiger partial charge in [0.15, 0.2) is 17.5 Å². The van der Waals surface area contributed by atoms with Crippen LogP contribution in [-0.2, 0) is 19.2 Å². The van der Waals surface area contributed by atoms with Crippen molar-refractivity contribution in [2.75, 3.05) is 6.54 Å². The molecule has 1 unspecified atom stereocenters. The zero-order chi connectivity index (χ0) is 24.2. The summed E-state index contributed by atoms with van der Waals surface area (Å²) in [6, 6.07) is -1.12. The molecule has 7 nitrogen and oxygen atoms in total. The Balaban J connectivity index is 1.50. The maximum Gasteiger partial charge on any atom is 0.243 e. The summed E-state index contributed by atoms with van der Waals surface area (Å²) in [7, 11) is 0. The highest BCUT2D eigenvalue weighted by atomic mass is 16.3. The zero-order valence-corrected chi connectivity index (χ0v) is 19.6. The Bertz CT molecular complexity index is 949. The third-order valence-electron chi connectivity index (χ3n) is 7.84. The van der Waals surface area contributed by atoms with E-state index in [1.807, 2.05) is 12.2 Å². The van der Waals surface area contributed by atoms with Crippen LogP contribution in [0.2, 0.25) is 0 Å². The quantitative estimate of drug-likeness (QED) is 0.374. The van der Waals surface area contributed by atoms with E-state index in [2.05, 4.69) is 41.9 Å². The lowest BCUT2D eigenvalue weighted by Gasteiger charge is -2.20. The third-order valence-corrected chi connectivity index (χ3v) is 7.84. The van der Waals surface area contributed by atoms with Gasteiger partial charge in [0, 0.05) is 19.0 Å². The van der Waals surface area contributed by atoms with Crippen molar-refractivity contribution in [2.45, 2.75) is 51.2 Å². The highest BCUT2D eigenvalue weighted by molar-refractivity contribution is 6.24. The first-order valence-electron chi connectivity index (χ1n) is 12.4. The van der Waals surface area contributed by atoms with Gasteiger partial charge in [0.05, 0.1) is 6.10 Å². The van der Waals surface area contributed by atoms with E-state index in [-0.39, 0.29) is 25.3 Å². The van der Waals surface area contributed by atoms with E-state index < -0.39 is 35.5 Å². The molecule has 0 radical (unpaired) electrons. The third kappa shape index (κ3) is 5.14. The summed E-state index contributed by atoms with van der Waals surface area (Å²) in [5, 5.41) is 15.5. The molecule has 2 aliphatic heterocycles. The first kappa shape index (κ1) is 24.3. The van der Waals surface area contributed by atoms with E-state index in [1.54, 1.807) is 6.08 Å². The average Bonchev–Trinajstić information content (AvgIpc) is 3.43. The van der Waals surface area contributed by atoms with Gasteiger partial charge in [-0.2, -0.15) is 0 Å². The minimum Gasteiger partial charge on any atom is -0.390 e. The Morgan fingerprint density at radius 2 is 1.82 bits per heavy atom. The lowest BCUT2D eigenvalue weighted by Crippen LogP contribution is -2.42. The van der Waals surface area contributed by atoms with Crippen molar-refractivity contribution in [3.8, 4) is 0 Å². The van der Waals surface area contributed by atoms with Gasteiger partial charge in [-0.15, -0.1) is 0 Å². The summed E-state index contributed by atoms with van der Waals surface area (Å²) in [6.07, 6.45) is 17.6. The Morgan fingerprint density at radius 3 is 2.65 bits per heavy atom. The van der Waals surface area contributed by atoms with Crippen LogP contribution in [0.5, 0.6) is 0 Å². The predicted molar refractivity (Wildman–Crippen MR) is 127 cm³/mol. The summed E-state index contributed by atoms with van der Waals surface area (Å²) in [6.45, 7) is 2.41. The number of rotatable bonds is 0. The molecule has 2 heterocycles. The molecule has 34 heavy (non-hydrogen) atoms. The van der Waals surface area contributed by atoms with Gasteiger partial charge in [-0.05, 0) is 55.3 Å². The second-order valence-corrected chi connectivity index (χ2v) is 9.97. The number of nitrogens with one attached hydrogen (secondary N) is 2. The summed E-state index contributed by atoms with van der Waals surface area (Å²) in [4.78, 5) is 49.7. The molecular weight excluding hydrogens is 432 g/mol. The fourth-order valence-corrected chi connectivity index (χ4v) is 5.97. The minimum atomic E-state index is -1.36. The van der Waals surface area contributed by atoms with Gasteiger partial charge in [-0.1, -0.05) is 49.5 Å². The van der Waals surface area contributed by atoms with Gasteiger partial charge in [-0.3, -0.25) is 19.2 Å². The van der Waals surface area contributed by atoms with Crippen LogP contribution in [0, 0.1) is 35.5 Å². The Labute approximate surface area is 200 Å². The molecule has 1 saturated carbocycles. The van der Waals surface area contributed by atoms with Crippen molar-refractivity contribution in [1.82, 2.24) is 10.6 Å². The fraction of sp³-hybridized carbons (Fsp3) is 0.556. The number of aliphatic hydroxyl groups is 1. The number of allylic oxidation sites excluding steroid dienone is 7. The Morgan fingerprint density at radius 1 is 1.00 bits per heavy atom. The van der Waals surface area contributed by atoms with Crippen molar-refractivity contribution in [2.24, 2.45) is 35.5 Å². The molecule has 2 amide bonds. The first-order chi connectivity index (χ1) is 16.4. The molecule has 2 fully saturated rings. The molecule has 0 aromatic rings. The number of aliphatic hydroxyl groups excluding tert-OH is 1. The van der Waals surface area contributed by atoms with E-state index in [9.17, 15) is 24.3 Å². The zero-order valence-electron chi connectivity index (χ0n) is 19.6. The smallest absolute Gasteiger partial charge is 0.243 e. The number of ketones is 2. The summed E-state index contributed by atoms with van der Waals surface area (Å²) < 4.78 is 0. The van der Waals surface area contributed by atoms with E-state index >= 15 is 0 Å². The van der Waals surface area contributed by atoms with Crippen LogP contribution in [0.4, 0.5) is 0 Å². The molecule has 0 aromatic carbocycles. The molecule has 8 atom stereocenters. The molecule has 4 aliphatic rings. The maximum absolute atomic E-state index is 12.7. The van der Waals surface area contributed by atoms with Gasteiger partial charge in [0.1, 0.15) is 6.04 Å². The van der Waals surface area contributed by atoms with Gasteiger partial charge in [0.25, 0.3) is 0 Å². The number of amides is 2. The standard InChI is InChI=1S/C27H34N2O5/c1-16-11-12-19-18-8-3-2-4-10-23(32)28-14-13-22(31)25-26(33)24(27(34)29-25)21(30)9-6-5-7-17(18)15-20(16)19/h2-5,7,10-12,16-20,22,24-25,31H,6,8-9,13-15H2,1H3,(H,28,32)(H,29,34)/t16-,17+,18-,19+,20+,22-,24?,25-/m0/s1. The SMILES string of the molecule is C[C@H]1C=C[C@@H]2[C@H]3CC=CC=CC(=O)NCC[C@H](O)[C@@H]4NC(=O)C(C(=O)CCC=C[C@@H]3C[C@@H]21)C4=O. The Kier molecular flexibility index (Phi) is 7.61. The number of fused-ring (bicyclic) bond motifs is 5. The van der Waals surface area contributed by atoms with E-state index in [0.717, 1.165) is 12.8 Å². The molecule has 2 bridgehead atoms. The van der Waals surface area contributed by atoms with Crippen LogP contribution >= 0.6 is 0 Å². The topological polar surface area (TPSA) is 113 Å². The monoisotopic (exact) mass is 466 g/mol. The molecule has 182 valence electrons. The summed E-state index contributed by atoms with van der Waals surface area (Å²) in [5.74, 6) is -0.703. The van der Waals surface area contributed by atoms with Crippen LogP contribution in [0.3, 0.4) is 0 Å². The van der Waals surface area contributed by atoms with E-state index in [0.29, 0.717) is 36.0 Å². The lowest BCUT2D eigenvalue weighted by molar-refractivity contribution is -0.136. The highest BCUT2D eigenvalue weighted by Gasteiger charge is 2.47. The lowest BCUT2D eigenvalue weighted by atomic mass is 9.85. The van der Waals surface area contributed by atoms with Gasteiger partial charge in [-0.25, -0.2) is 0 Å². The second kappa shape index (κ2) is 10.6. The molecule has 1 saturated heterocycles. The van der Waals surface area contributed by atoms with E-state index in [1.165, 1.54) is 6.08 Å². The van der Waals surface area contributed by atoms with Gasteiger partial charge < -0.3 is 15.7 Å². The minimum absolute atomic E-state index is 0.0906.